The zero-order valence-electron chi connectivity index (χ0n) is 17.9. The monoisotopic (exact) mass is 454 g/mol. The molecule has 4 heteroatoms. The van der Waals surface area contributed by atoms with E-state index in [1.54, 1.807) is 0 Å². The first-order valence-corrected chi connectivity index (χ1v) is 11.3. The Hall–Kier alpha value is -2.07. The third-order valence-electron chi connectivity index (χ3n) is 5.53. The first-order valence-electron chi connectivity index (χ1n) is 10.5. The van der Waals surface area contributed by atoms with Gasteiger partial charge in [-0.25, -0.2) is 0 Å². The highest BCUT2D eigenvalue weighted by atomic mass is 79.9. The van der Waals surface area contributed by atoms with E-state index in [2.05, 4.69) is 91.0 Å². The van der Waals surface area contributed by atoms with Crippen LogP contribution in [0, 0.1) is 0 Å². The van der Waals surface area contributed by atoms with Crippen molar-refractivity contribution in [3.63, 3.8) is 0 Å². The van der Waals surface area contributed by atoms with Gasteiger partial charge < -0.3 is 9.80 Å². The lowest BCUT2D eigenvalue weighted by atomic mass is 9.99. The fourth-order valence-corrected chi connectivity index (χ4v) is 4.73. The number of anilines is 1. The number of hydrogen-bond acceptors (Lipinski definition) is 2. The predicted octanol–water partition coefficient (Wildman–Crippen LogP) is 6.35. The van der Waals surface area contributed by atoms with Crippen LogP contribution < -0.4 is 4.90 Å². The molecule has 2 aromatic rings. The molecule has 1 heterocycles. The molecule has 0 radical (unpaired) electrons. The summed E-state index contributed by atoms with van der Waals surface area (Å²) in [6.45, 7) is 10.3. The molecular formula is C25H31BrN2O. The van der Waals surface area contributed by atoms with E-state index in [-0.39, 0.29) is 18.0 Å². The van der Waals surface area contributed by atoms with Crippen molar-refractivity contribution in [1.82, 2.24) is 4.90 Å². The Morgan fingerprint density at radius 2 is 1.38 bits per heavy atom. The Kier molecular flexibility index (Phi) is 7.18. The Balaban J connectivity index is 1.70. The van der Waals surface area contributed by atoms with Crippen molar-refractivity contribution in [2.75, 3.05) is 18.0 Å². The highest BCUT2D eigenvalue weighted by Gasteiger charge is 2.22. The number of carbonyl (C=O) groups is 1. The Morgan fingerprint density at radius 1 is 0.862 bits per heavy atom. The molecule has 0 atom stereocenters. The zero-order chi connectivity index (χ0) is 21.0. The third kappa shape index (κ3) is 5.11. The van der Waals surface area contributed by atoms with Crippen molar-refractivity contribution in [3.8, 4) is 0 Å². The van der Waals surface area contributed by atoms with Gasteiger partial charge in [-0.15, -0.1) is 0 Å². The lowest BCUT2D eigenvalue weighted by Crippen LogP contribution is -2.42. The minimum absolute atomic E-state index is 0.0986. The number of piperidine rings is 1. The fraction of sp³-hybridized carbons (Fsp3) is 0.400. The zero-order valence-corrected chi connectivity index (χ0v) is 19.4. The average Bonchev–Trinajstić information content (AvgIpc) is 2.73. The van der Waals surface area contributed by atoms with Crippen molar-refractivity contribution >= 4 is 32.0 Å². The molecule has 0 spiro atoms. The van der Waals surface area contributed by atoms with Crippen molar-refractivity contribution in [2.45, 2.75) is 52.6 Å². The Bertz CT molecular complexity index is 838. The number of rotatable bonds is 5. The van der Waals surface area contributed by atoms with Crippen LogP contribution in [0.25, 0.3) is 4.48 Å². The van der Waals surface area contributed by atoms with E-state index in [0.717, 1.165) is 37.1 Å². The maximum atomic E-state index is 12.9. The van der Waals surface area contributed by atoms with E-state index in [1.165, 1.54) is 15.7 Å². The summed E-state index contributed by atoms with van der Waals surface area (Å²) in [6, 6.07) is 19.0. The molecule has 1 saturated heterocycles. The molecule has 0 aromatic heterocycles. The van der Waals surface area contributed by atoms with Crippen LogP contribution in [0.5, 0.6) is 0 Å². The quantitative estimate of drug-likeness (QED) is 0.524. The summed E-state index contributed by atoms with van der Waals surface area (Å²) >= 11 is 3.83. The summed E-state index contributed by atoms with van der Waals surface area (Å²) in [5.41, 5.74) is 4.64. The molecule has 0 bridgehead atoms. The predicted molar refractivity (Wildman–Crippen MR) is 127 cm³/mol. The van der Waals surface area contributed by atoms with Gasteiger partial charge in [0.2, 0.25) is 0 Å². The van der Waals surface area contributed by atoms with E-state index in [4.69, 9.17) is 0 Å². The normalized spacial score (nSPS) is 14.4. The topological polar surface area (TPSA) is 23.6 Å². The highest BCUT2D eigenvalue weighted by Crippen LogP contribution is 2.33. The lowest BCUT2D eigenvalue weighted by molar-refractivity contribution is 0.0643. The van der Waals surface area contributed by atoms with Crippen molar-refractivity contribution < 1.29 is 4.79 Å². The standard InChI is InChI=1S/C25H31BrN2O/c1-18(2)28(19(3)4)25(29)22-12-10-20(11-13-22)24(26)21-14-16-27(17-15-21)23-8-6-5-7-9-23/h5-13,18-19H,14-17H2,1-4H3. The van der Waals surface area contributed by atoms with Gasteiger partial charge in [-0.3, -0.25) is 4.79 Å². The largest absolute Gasteiger partial charge is 0.371 e. The maximum absolute atomic E-state index is 12.9. The van der Waals surface area contributed by atoms with Gasteiger partial charge in [0.25, 0.3) is 5.91 Å². The summed E-state index contributed by atoms with van der Waals surface area (Å²) < 4.78 is 1.17. The van der Waals surface area contributed by atoms with Crippen LogP contribution in [0.3, 0.4) is 0 Å². The molecule has 154 valence electrons. The summed E-state index contributed by atoms with van der Waals surface area (Å²) in [5.74, 6) is 0.0986. The van der Waals surface area contributed by atoms with E-state index in [9.17, 15) is 4.79 Å². The third-order valence-corrected chi connectivity index (χ3v) is 6.55. The molecule has 3 nitrogen and oxygen atoms in total. The molecule has 1 aliphatic heterocycles. The number of para-hydroxylation sites is 1. The Labute approximate surface area is 183 Å². The second-order valence-electron chi connectivity index (χ2n) is 8.22. The smallest absolute Gasteiger partial charge is 0.254 e. The van der Waals surface area contributed by atoms with Gasteiger partial charge in [-0.2, -0.15) is 0 Å². The van der Waals surface area contributed by atoms with E-state index in [0.29, 0.717) is 0 Å². The minimum atomic E-state index is 0.0986. The second kappa shape index (κ2) is 9.62. The van der Waals surface area contributed by atoms with Crippen molar-refractivity contribution in [2.24, 2.45) is 0 Å². The van der Waals surface area contributed by atoms with Crippen LogP contribution in [-0.4, -0.2) is 36.0 Å². The first kappa shape index (κ1) is 21.6. The molecular weight excluding hydrogens is 424 g/mol. The van der Waals surface area contributed by atoms with Gasteiger partial charge in [-0.1, -0.05) is 51.8 Å². The molecule has 3 rings (SSSR count). The molecule has 1 fully saturated rings. The van der Waals surface area contributed by atoms with Gasteiger partial charge >= 0.3 is 0 Å². The number of amides is 1. The van der Waals surface area contributed by atoms with E-state index in [1.807, 2.05) is 17.0 Å². The molecule has 0 N–H and O–H groups in total. The summed E-state index contributed by atoms with van der Waals surface area (Å²) in [4.78, 5) is 17.3. The molecule has 1 aliphatic rings. The maximum Gasteiger partial charge on any atom is 0.254 e. The minimum Gasteiger partial charge on any atom is -0.371 e. The summed E-state index contributed by atoms with van der Waals surface area (Å²) in [5, 5.41) is 0. The van der Waals surface area contributed by atoms with Gasteiger partial charge in [0.05, 0.1) is 0 Å². The molecule has 29 heavy (non-hydrogen) atoms. The van der Waals surface area contributed by atoms with E-state index < -0.39 is 0 Å². The lowest BCUT2D eigenvalue weighted by Gasteiger charge is -2.31. The number of hydrogen-bond donors (Lipinski definition) is 0. The second-order valence-corrected chi connectivity index (χ2v) is 9.01. The molecule has 0 saturated carbocycles. The fourth-order valence-electron chi connectivity index (χ4n) is 4.07. The number of benzene rings is 2. The molecule has 0 aliphatic carbocycles. The average molecular weight is 455 g/mol. The van der Waals surface area contributed by atoms with E-state index >= 15 is 0 Å². The van der Waals surface area contributed by atoms with Gasteiger partial charge in [0, 0.05) is 40.9 Å². The van der Waals surface area contributed by atoms with Crippen molar-refractivity contribution in [3.05, 3.63) is 71.3 Å². The van der Waals surface area contributed by atoms with Crippen LogP contribution in [0.2, 0.25) is 0 Å². The van der Waals surface area contributed by atoms with Crippen LogP contribution >= 0.6 is 15.9 Å². The molecule has 2 aromatic carbocycles. The Morgan fingerprint density at radius 3 is 1.90 bits per heavy atom. The van der Waals surface area contributed by atoms with Gasteiger partial charge in [0.1, 0.15) is 0 Å². The highest BCUT2D eigenvalue weighted by molar-refractivity contribution is 9.15. The number of halogens is 1. The van der Waals surface area contributed by atoms with Gasteiger partial charge in [-0.05, 0) is 70.4 Å². The van der Waals surface area contributed by atoms with Gasteiger partial charge in [0.15, 0.2) is 0 Å². The first-order chi connectivity index (χ1) is 13.9. The van der Waals surface area contributed by atoms with Crippen LogP contribution in [0.1, 0.15) is 56.5 Å². The van der Waals surface area contributed by atoms with Crippen LogP contribution in [0.4, 0.5) is 5.69 Å². The van der Waals surface area contributed by atoms with Crippen LogP contribution in [-0.2, 0) is 0 Å². The molecule has 0 unspecified atom stereocenters. The van der Waals surface area contributed by atoms with Crippen molar-refractivity contribution in [1.29, 1.82) is 0 Å². The SMILES string of the molecule is CC(C)N(C(=O)c1ccc(C(Br)=C2CCN(c3ccccc3)CC2)cc1)C(C)C. The number of nitrogens with zero attached hydrogens (tertiary/aromatic N) is 2. The summed E-state index contributed by atoms with van der Waals surface area (Å²) in [6.07, 6.45) is 2.09. The molecule has 1 amide bonds. The number of carbonyl (C=O) groups excluding carboxylic acids is 1. The summed E-state index contributed by atoms with van der Waals surface area (Å²) in [7, 11) is 0. The van der Waals surface area contributed by atoms with Crippen LogP contribution in [0.15, 0.2) is 60.2 Å².